The number of benzene rings is 2. The molecule has 2 heterocycles. The average Bonchev–Trinajstić information content (AvgIpc) is 3.30. The minimum Gasteiger partial charge on any atom is -0.484 e. The molecule has 4 aromatic rings. The molecule has 0 bridgehead atoms. The van der Waals surface area contributed by atoms with Crippen LogP contribution in [0.1, 0.15) is 54.5 Å². The number of ether oxygens (including phenoxy) is 1. The van der Waals surface area contributed by atoms with Gasteiger partial charge in [0.25, 0.3) is 15.9 Å². The highest BCUT2D eigenvalue weighted by molar-refractivity contribution is 7.93. The number of sulfonamides is 1. The molecule has 0 aliphatic heterocycles. The zero-order valence-corrected chi connectivity index (χ0v) is 22.6. The number of H-pyrrole nitrogens is 1. The number of rotatable bonds is 11. The number of aromatic nitrogens is 3. The molecule has 1 fully saturated rings. The van der Waals surface area contributed by atoms with Crippen LogP contribution >= 0.6 is 0 Å². The summed E-state index contributed by atoms with van der Waals surface area (Å²) in [7, 11) is -5.05. The fourth-order valence-electron chi connectivity index (χ4n) is 4.10. The highest BCUT2D eigenvalue weighted by Gasteiger charge is 2.43. The van der Waals surface area contributed by atoms with E-state index in [9.17, 15) is 26.4 Å². The maximum Gasteiger partial charge on any atom is 0.355 e. The molecule has 1 aliphatic carbocycles. The molecule has 216 valence electrons. The molecule has 1 saturated carbocycles. The second kappa shape index (κ2) is 10.5. The molecule has 2 aromatic carbocycles. The van der Waals surface area contributed by atoms with E-state index in [1.54, 1.807) is 13.0 Å². The zero-order valence-electron chi connectivity index (χ0n) is 21.7. The molecule has 0 spiro atoms. The standard InChI is InChI=1S/C26H25F3N6O5S/c1-13(14-3-6-16(27)7-4-14)39-18-11-15(5-8-17(18)35-41(37,38)25(28)29)22-21(23(30)36)24(33-32-22)31-20-12-19(40-34-20)26(2)9-10-26/h3-8,11-13,25,35H,9-10H2,1-2H3,(H2,30,36)(H2,31,32,33,34)/t13-/m0/s1. The number of primary amides is 1. The van der Waals surface area contributed by atoms with E-state index in [1.807, 2.05) is 11.6 Å². The Bertz CT molecular complexity index is 1700. The Labute approximate surface area is 232 Å². The number of carbonyl (C=O) groups excluding carboxylic acids is 1. The van der Waals surface area contributed by atoms with Crippen molar-refractivity contribution in [3.05, 3.63) is 71.2 Å². The van der Waals surface area contributed by atoms with Crippen LogP contribution in [0.15, 0.2) is 53.1 Å². The van der Waals surface area contributed by atoms with Crippen molar-refractivity contribution in [2.75, 3.05) is 10.0 Å². The van der Waals surface area contributed by atoms with Gasteiger partial charge in [-0.2, -0.15) is 13.9 Å². The second-order valence-electron chi connectivity index (χ2n) is 9.88. The minimum absolute atomic E-state index is 0.0503. The van der Waals surface area contributed by atoms with Gasteiger partial charge in [-0.1, -0.05) is 30.3 Å². The lowest BCUT2D eigenvalue weighted by molar-refractivity contribution is 0.100. The molecule has 5 rings (SSSR count). The highest BCUT2D eigenvalue weighted by Crippen LogP contribution is 2.48. The number of hydrogen-bond donors (Lipinski definition) is 4. The first-order chi connectivity index (χ1) is 19.4. The Kier molecular flexibility index (Phi) is 7.15. The quantitative estimate of drug-likeness (QED) is 0.185. The summed E-state index contributed by atoms with van der Waals surface area (Å²) in [5.74, 6) is -4.05. The van der Waals surface area contributed by atoms with E-state index in [-0.39, 0.29) is 39.5 Å². The van der Waals surface area contributed by atoms with Gasteiger partial charge in [0.1, 0.15) is 40.5 Å². The fourth-order valence-corrected chi connectivity index (χ4v) is 4.67. The summed E-state index contributed by atoms with van der Waals surface area (Å²) in [4.78, 5) is 12.5. The molecule has 1 amide bonds. The minimum atomic E-state index is -5.05. The van der Waals surface area contributed by atoms with Crippen molar-refractivity contribution < 1.29 is 35.6 Å². The first-order valence-corrected chi connectivity index (χ1v) is 13.9. The van der Waals surface area contributed by atoms with Crippen LogP contribution in [0.25, 0.3) is 11.3 Å². The van der Waals surface area contributed by atoms with E-state index in [1.165, 1.54) is 42.5 Å². The topological polar surface area (TPSA) is 165 Å². The van der Waals surface area contributed by atoms with Gasteiger partial charge in [-0.25, -0.2) is 12.8 Å². The molecule has 15 heteroatoms. The van der Waals surface area contributed by atoms with Gasteiger partial charge in [-0.05, 0) is 49.6 Å². The SMILES string of the molecule is C[C@H](Oc1cc(-c2n[nH]c(Nc3cc(C4(C)CC4)on3)c2C(N)=O)ccc1NS(=O)(=O)C(F)F)c1ccc(F)cc1. The van der Waals surface area contributed by atoms with E-state index in [0.717, 1.165) is 12.8 Å². The van der Waals surface area contributed by atoms with Gasteiger partial charge in [0.15, 0.2) is 5.82 Å². The first kappa shape index (κ1) is 28.0. The number of aromatic amines is 1. The molecule has 1 aliphatic rings. The molecule has 0 saturated heterocycles. The van der Waals surface area contributed by atoms with Gasteiger partial charge >= 0.3 is 5.76 Å². The number of anilines is 3. The molecule has 0 radical (unpaired) electrons. The van der Waals surface area contributed by atoms with Gasteiger partial charge in [0.05, 0.1) is 5.69 Å². The van der Waals surface area contributed by atoms with E-state index >= 15 is 0 Å². The van der Waals surface area contributed by atoms with E-state index in [0.29, 0.717) is 17.1 Å². The third kappa shape index (κ3) is 5.84. The van der Waals surface area contributed by atoms with Crippen LogP contribution < -0.4 is 20.5 Å². The molecule has 0 unspecified atom stereocenters. The summed E-state index contributed by atoms with van der Waals surface area (Å²) >= 11 is 0. The lowest BCUT2D eigenvalue weighted by Gasteiger charge is -2.19. The zero-order chi connectivity index (χ0) is 29.5. The fraction of sp³-hybridized carbons (Fsp3) is 0.269. The second-order valence-corrected chi connectivity index (χ2v) is 11.5. The predicted octanol–water partition coefficient (Wildman–Crippen LogP) is 5.20. The van der Waals surface area contributed by atoms with Crippen molar-refractivity contribution in [2.45, 2.75) is 44.0 Å². The van der Waals surface area contributed by atoms with Crippen LogP contribution in [0.5, 0.6) is 5.75 Å². The molecule has 2 aromatic heterocycles. The third-order valence-corrected chi connectivity index (χ3v) is 7.73. The summed E-state index contributed by atoms with van der Waals surface area (Å²) in [5.41, 5.74) is 6.09. The summed E-state index contributed by atoms with van der Waals surface area (Å²) in [6.45, 7) is 3.65. The number of nitrogens with zero attached hydrogens (tertiary/aromatic N) is 2. The molecule has 5 N–H and O–H groups in total. The predicted molar refractivity (Wildman–Crippen MR) is 143 cm³/mol. The Morgan fingerprint density at radius 3 is 2.51 bits per heavy atom. The molecular formula is C26H25F3N6O5S. The largest absolute Gasteiger partial charge is 0.484 e. The van der Waals surface area contributed by atoms with Crippen LogP contribution in [-0.2, 0) is 15.4 Å². The lowest BCUT2D eigenvalue weighted by atomic mass is 10.1. The van der Waals surface area contributed by atoms with Crippen molar-refractivity contribution in [3.63, 3.8) is 0 Å². The maximum absolute atomic E-state index is 13.4. The smallest absolute Gasteiger partial charge is 0.355 e. The number of alkyl halides is 2. The number of nitrogens with one attached hydrogen (secondary N) is 3. The Morgan fingerprint density at radius 1 is 1.17 bits per heavy atom. The van der Waals surface area contributed by atoms with Crippen molar-refractivity contribution in [1.29, 1.82) is 0 Å². The van der Waals surface area contributed by atoms with Gasteiger partial charge < -0.3 is 20.3 Å². The van der Waals surface area contributed by atoms with Crippen molar-refractivity contribution >= 4 is 33.3 Å². The monoisotopic (exact) mass is 590 g/mol. The summed E-state index contributed by atoms with van der Waals surface area (Å²) < 4.78 is 76.6. The van der Waals surface area contributed by atoms with Crippen LogP contribution in [0.3, 0.4) is 0 Å². The molecule has 1 atom stereocenters. The van der Waals surface area contributed by atoms with Crippen molar-refractivity contribution in [1.82, 2.24) is 15.4 Å². The number of carbonyl (C=O) groups is 1. The van der Waals surface area contributed by atoms with Crippen molar-refractivity contribution in [2.24, 2.45) is 5.73 Å². The molecular weight excluding hydrogens is 565 g/mol. The molecule has 11 nitrogen and oxygen atoms in total. The van der Waals surface area contributed by atoms with Crippen LogP contribution in [0.4, 0.5) is 30.5 Å². The van der Waals surface area contributed by atoms with Crippen LogP contribution in [0, 0.1) is 5.82 Å². The van der Waals surface area contributed by atoms with E-state index in [2.05, 4.69) is 20.7 Å². The Morgan fingerprint density at radius 2 is 1.88 bits per heavy atom. The summed E-state index contributed by atoms with van der Waals surface area (Å²) in [6, 6.07) is 10.9. The van der Waals surface area contributed by atoms with E-state index in [4.69, 9.17) is 15.0 Å². The first-order valence-electron chi connectivity index (χ1n) is 12.3. The molecule has 41 heavy (non-hydrogen) atoms. The lowest BCUT2D eigenvalue weighted by Crippen LogP contribution is -2.21. The van der Waals surface area contributed by atoms with Crippen LogP contribution in [-0.4, -0.2) is 35.4 Å². The summed E-state index contributed by atoms with van der Waals surface area (Å²) in [6.07, 6.45) is 1.17. The van der Waals surface area contributed by atoms with E-state index < -0.39 is 33.6 Å². The number of hydrogen-bond acceptors (Lipinski definition) is 8. The summed E-state index contributed by atoms with van der Waals surface area (Å²) in [5, 5.41) is 13.8. The number of amides is 1. The van der Waals surface area contributed by atoms with Crippen LogP contribution in [0.2, 0.25) is 0 Å². The Balaban J connectivity index is 1.50. The van der Waals surface area contributed by atoms with Crippen molar-refractivity contribution in [3.8, 4) is 17.0 Å². The number of nitrogens with two attached hydrogens (primary N) is 1. The third-order valence-electron chi connectivity index (χ3n) is 6.76. The Hall–Kier alpha value is -4.53. The number of halogens is 3. The maximum atomic E-state index is 13.4. The van der Waals surface area contributed by atoms with Gasteiger partial charge in [-0.15, -0.1) is 0 Å². The average molecular weight is 591 g/mol. The normalized spacial score (nSPS) is 15.0. The van der Waals surface area contributed by atoms with Gasteiger partial charge in [-0.3, -0.25) is 14.6 Å². The van der Waals surface area contributed by atoms with Gasteiger partial charge in [0.2, 0.25) is 0 Å². The van der Waals surface area contributed by atoms with Gasteiger partial charge in [0, 0.05) is 17.0 Å². The highest BCUT2D eigenvalue weighted by atomic mass is 32.2.